The van der Waals surface area contributed by atoms with Crippen LogP contribution in [0.2, 0.25) is 0 Å². The molecule has 0 unspecified atom stereocenters. The van der Waals surface area contributed by atoms with Crippen LogP contribution in [0.15, 0.2) is 52.8 Å². The molecule has 1 heterocycles. The second-order valence-electron chi connectivity index (χ2n) is 5.19. The van der Waals surface area contributed by atoms with Crippen LogP contribution in [0.25, 0.3) is 0 Å². The van der Waals surface area contributed by atoms with Gasteiger partial charge < -0.3 is 10.0 Å². The lowest BCUT2D eigenvalue weighted by molar-refractivity contribution is -0.126. The molecule has 0 aromatic heterocycles. The number of aliphatic hydroxyl groups is 1. The second kappa shape index (κ2) is 9.10. The van der Waals surface area contributed by atoms with Gasteiger partial charge in [0, 0.05) is 18.8 Å². The van der Waals surface area contributed by atoms with Crippen LogP contribution in [0.1, 0.15) is 27.7 Å². The number of rotatable bonds is 8. The molecule has 0 atom stereocenters. The molecule has 5 heteroatoms. The minimum absolute atomic E-state index is 0.106. The third-order valence-corrected chi connectivity index (χ3v) is 3.66. The van der Waals surface area contributed by atoms with Crippen LogP contribution in [-0.4, -0.2) is 52.9 Å². The molecule has 23 heavy (non-hydrogen) atoms. The summed E-state index contributed by atoms with van der Waals surface area (Å²) in [5.74, 6) is -0.193. The molecular weight excluding hydrogens is 290 g/mol. The molecule has 1 aliphatic heterocycles. The highest BCUT2D eigenvalue weighted by Gasteiger charge is 2.26. The summed E-state index contributed by atoms with van der Waals surface area (Å²) in [5, 5.41) is 14.4. The van der Waals surface area contributed by atoms with Gasteiger partial charge in [0.05, 0.1) is 24.4 Å². The highest BCUT2D eigenvalue weighted by Crippen LogP contribution is 2.17. The van der Waals surface area contributed by atoms with E-state index in [1.165, 1.54) is 5.01 Å². The zero-order valence-corrected chi connectivity index (χ0v) is 14.5. The molecule has 0 saturated carbocycles. The molecule has 0 saturated heterocycles. The molecule has 0 aromatic rings. The Kier molecular flexibility index (Phi) is 7.48. The standard InChI is InChI=1S/C18H27N3O2/c1-6-16(20(7-2)8-3)10-9-14(4)13-17-15(5)19-21(11-12-22)18(17)23/h6,9-10,13,22H,4,7-8,11-12H2,1-3,5H3/b10-9-,16-6+,17-13-. The van der Waals surface area contributed by atoms with E-state index in [2.05, 4.69) is 36.5 Å². The molecule has 0 aromatic carbocycles. The van der Waals surface area contributed by atoms with Gasteiger partial charge in [0.15, 0.2) is 0 Å². The van der Waals surface area contributed by atoms with Gasteiger partial charge in [-0.25, -0.2) is 5.01 Å². The molecular formula is C18H27N3O2. The number of hydrogen-bond donors (Lipinski definition) is 1. The maximum absolute atomic E-state index is 12.2. The van der Waals surface area contributed by atoms with E-state index < -0.39 is 0 Å². The van der Waals surface area contributed by atoms with Crippen LogP contribution < -0.4 is 0 Å². The fourth-order valence-corrected chi connectivity index (χ4v) is 2.39. The van der Waals surface area contributed by atoms with Crippen molar-refractivity contribution in [3.63, 3.8) is 0 Å². The third-order valence-electron chi connectivity index (χ3n) is 3.66. The maximum Gasteiger partial charge on any atom is 0.275 e. The van der Waals surface area contributed by atoms with E-state index in [9.17, 15) is 4.79 Å². The number of β-amino-alcohol motifs (C(OH)–C–C–N with tert-alkyl or cyclic N) is 1. The van der Waals surface area contributed by atoms with E-state index in [0.717, 1.165) is 24.4 Å². The zero-order valence-electron chi connectivity index (χ0n) is 14.5. The van der Waals surface area contributed by atoms with Crippen LogP contribution >= 0.6 is 0 Å². The summed E-state index contributed by atoms with van der Waals surface area (Å²) in [6.45, 7) is 14.0. The number of amides is 1. The second-order valence-corrected chi connectivity index (χ2v) is 5.19. The lowest BCUT2D eigenvalue weighted by atomic mass is 10.1. The van der Waals surface area contributed by atoms with E-state index in [0.29, 0.717) is 11.3 Å². The maximum atomic E-state index is 12.2. The molecule has 1 aliphatic rings. The van der Waals surface area contributed by atoms with Gasteiger partial charge in [-0.3, -0.25) is 4.79 Å². The molecule has 126 valence electrons. The molecule has 1 rings (SSSR count). The van der Waals surface area contributed by atoms with Gasteiger partial charge in [-0.2, -0.15) is 5.10 Å². The number of likely N-dealkylation sites (N-methyl/N-ethyl adjacent to an activating group) is 1. The van der Waals surface area contributed by atoms with Crippen molar-refractivity contribution < 1.29 is 9.90 Å². The van der Waals surface area contributed by atoms with Gasteiger partial charge >= 0.3 is 0 Å². The van der Waals surface area contributed by atoms with Gasteiger partial charge in [0.1, 0.15) is 0 Å². The summed E-state index contributed by atoms with van der Waals surface area (Å²) >= 11 is 0. The van der Waals surface area contributed by atoms with E-state index in [1.807, 2.05) is 19.1 Å². The lowest BCUT2D eigenvalue weighted by Crippen LogP contribution is -2.25. The molecule has 0 aliphatic carbocycles. The number of carbonyl (C=O) groups excluding carboxylic acids is 1. The van der Waals surface area contributed by atoms with Crippen molar-refractivity contribution in [3.8, 4) is 0 Å². The Morgan fingerprint density at radius 2 is 2.00 bits per heavy atom. The van der Waals surface area contributed by atoms with Crippen LogP contribution in [0.3, 0.4) is 0 Å². The first kappa shape index (κ1) is 18.9. The minimum Gasteiger partial charge on any atom is -0.394 e. The summed E-state index contributed by atoms with van der Waals surface area (Å²) in [6, 6.07) is 0. The first-order valence-electron chi connectivity index (χ1n) is 7.96. The fraction of sp³-hybridized carbons (Fsp3) is 0.444. The van der Waals surface area contributed by atoms with Crippen molar-refractivity contribution in [2.45, 2.75) is 27.7 Å². The highest BCUT2D eigenvalue weighted by atomic mass is 16.3. The number of allylic oxidation sites excluding steroid dienone is 5. The Balaban J connectivity index is 2.85. The third kappa shape index (κ3) is 4.93. The Morgan fingerprint density at radius 1 is 1.35 bits per heavy atom. The largest absolute Gasteiger partial charge is 0.394 e. The highest BCUT2D eigenvalue weighted by molar-refractivity contribution is 6.24. The summed E-state index contributed by atoms with van der Waals surface area (Å²) in [4.78, 5) is 14.4. The van der Waals surface area contributed by atoms with Crippen LogP contribution in [0, 0.1) is 0 Å². The summed E-state index contributed by atoms with van der Waals surface area (Å²) in [6.07, 6.45) is 7.70. The van der Waals surface area contributed by atoms with Crippen LogP contribution in [0.4, 0.5) is 0 Å². The van der Waals surface area contributed by atoms with E-state index in [-0.39, 0.29) is 19.1 Å². The molecule has 1 amide bonds. The van der Waals surface area contributed by atoms with Crippen molar-refractivity contribution in [3.05, 3.63) is 47.7 Å². The summed E-state index contributed by atoms with van der Waals surface area (Å²) in [5.41, 5.74) is 3.03. The average Bonchev–Trinajstić information content (AvgIpc) is 2.79. The first-order chi connectivity index (χ1) is 11.0. The first-order valence-corrected chi connectivity index (χ1v) is 7.96. The van der Waals surface area contributed by atoms with Crippen molar-refractivity contribution in [2.24, 2.45) is 5.10 Å². The Hall–Kier alpha value is -2.14. The minimum atomic E-state index is -0.193. The predicted molar refractivity (Wildman–Crippen MR) is 94.9 cm³/mol. The summed E-state index contributed by atoms with van der Waals surface area (Å²) < 4.78 is 0. The van der Waals surface area contributed by atoms with Crippen LogP contribution in [-0.2, 0) is 4.79 Å². The number of aliphatic hydroxyl groups excluding tert-OH is 1. The smallest absolute Gasteiger partial charge is 0.275 e. The van der Waals surface area contributed by atoms with Gasteiger partial charge in [0.25, 0.3) is 5.91 Å². The summed E-state index contributed by atoms with van der Waals surface area (Å²) in [7, 11) is 0. The molecule has 0 fully saturated rings. The van der Waals surface area contributed by atoms with Crippen molar-refractivity contribution in [1.82, 2.24) is 9.91 Å². The Labute approximate surface area is 139 Å². The van der Waals surface area contributed by atoms with Gasteiger partial charge in [0.2, 0.25) is 0 Å². The Morgan fingerprint density at radius 3 is 2.52 bits per heavy atom. The number of nitrogens with zero attached hydrogens (tertiary/aromatic N) is 3. The molecule has 0 radical (unpaired) electrons. The SMILES string of the molecule is C=C(/C=C\C(=C/C)N(CC)CC)/C=C1\C(=O)N(CCO)N=C1C. The lowest BCUT2D eigenvalue weighted by Gasteiger charge is -2.21. The van der Waals surface area contributed by atoms with Gasteiger partial charge in [-0.1, -0.05) is 18.7 Å². The zero-order chi connectivity index (χ0) is 17.4. The number of hydrogen-bond acceptors (Lipinski definition) is 4. The van der Waals surface area contributed by atoms with E-state index in [4.69, 9.17) is 5.11 Å². The van der Waals surface area contributed by atoms with Gasteiger partial charge in [-0.05, 0) is 45.4 Å². The Bertz CT molecular complexity index is 567. The molecule has 0 bridgehead atoms. The molecule has 1 N–H and O–H groups in total. The fourth-order valence-electron chi connectivity index (χ4n) is 2.39. The average molecular weight is 317 g/mol. The predicted octanol–water partition coefficient (Wildman–Crippen LogP) is 2.48. The van der Waals surface area contributed by atoms with E-state index in [1.54, 1.807) is 13.0 Å². The molecule has 0 spiro atoms. The number of hydrazone groups is 1. The van der Waals surface area contributed by atoms with Gasteiger partial charge in [-0.15, -0.1) is 0 Å². The number of carbonyl (C=O) groups is 1. The normalized spacial score (nSPS) is 17.3. The van der Waals surface area contributed by atoms with E-state index >= 15 is 0 Å². The van der Waals surface area contributed by atoms with Crippen LogP contribution in [0.5, 0.6) is 0 Å². The van der Waals surface area contributed by atoms with Crippen molar-refractivity contribution >= 4 is 11.6 Å². The monoisotopic (exact) mass is 317 g/mol. The quantitative estimate of drug-likeness (QED) is 0.553. The van der Waals surface area contributed by atoms with Crippen molar-refractivity contribution in [2.75, 3.05) is 26.2 Å². The molecule has 5 nitrogen and oxygen atoms in total. The van der Waals surface area contributed by atoms with Crippen molar-refractivity contribution in [1.29, 1.82) is 0 Å². The topological polar surface area (TPSA) is 56.1 Å².